The van der Waals surface area contributed by atoms with Gasteiger partial charge in [-0.05, 0) is 17.7 Å². The van der Waals surface area contributed by atoms with Gasteiger partial charge in [-0.25, -0.2) is 0 Å². The summed E-state index contributed by atoms with van der Waals surface area (Å²) in [6.45, 7) is 7.62. The molecule has 0 aromatic heterocycles. The zero-order chi connectivity index (χ0) is 19.8. The summed E-state index contributed by atoms with van der Waals surface area (Å²) in [5, 5.41) is 20.2. The Labute approximate surface area is 191 Å². The van der Waals surface area contributed by atoms with Crippen LogP contribution in [-0.4, -0.2) is 47.8 Å². The fourth-order valence-electron chi connectivity index (χ4n) is 2.85. The van der Waals surface area contributed by atoms with Crippen molar-refractivity contribution in [1.29, 1.82) is 0 Å². The molecule has 5 nitrogen and oxygen atoms in total. The van der Waals surface area contributed by atoms with Crippen LogP contribution in [0, 0.1) is 13.2 Å². The summed E-state index contributed by atoms with van der Waals surface area (Å²) in [6, 6.07) is 19.3. The van der Waals surface area contributed by atoms with Gasteiger partial charge in [-0.15, -0.1) is 11.8 Å². The molecule has 0 amide bonds. The number of ether oxygens (including phenoxy) is 3. The summed E-state index contributed by atoms with van der Waals surface area (Å²) >= 11 is 1.41. The fourth-order valence-corrected chi connectivity index (χ4v) is 3.57. The zero-order valence-electron chi connectivity index (χ0n) is 15.7. The first-order chi connectivity index (χ1) is 13.7. The first-order valence-electron chi connectivity index (χ1n) is 9.06. The normalized spacial score (nSPS) is 23.7. The molecule has 1 saturated heterocycles. The molecule has 0 spiro atoms. The molecule has 0 aliphatic carbocycles. The van der Waals surface area contributed by atoms with Crippen molar-refractivity contribution in [2.24, 2.45) is 0 Å². The van der Waals surface area contributed by atoms with E-state index in [-0.39, 0.29) is 35.6 Å². The molecule has 1 heterocycles. The van der Waals surface area contributed by atoms with E-state index in [4.69, 9.17) is 20.8 Å². The summed E-state index contributed by atoms with van der Waals surface area (Å²) in [6.07, 6.45) is -3.07. The number of rotatable bonds is 9. The van der Waals surface area contributed by atoms with Crippen molar-refractivity contribution in [3.63, 3.8) is 0 Å². The second kappa shape index (κ2) is 12.6. The van der Waals surface area contributed by atoms with Gasteiger partial charge in [0.1, 0.15) is 6.10 Å². The molecular formula is C22H24AuO5S+. The van der Waals surface area contributed by atoms with Crippen molar-refractivity contribution in [3.8, 4) is 0 Å². The maximum Gasteiger partial charge on any atom is 1.00 e. The van der Waals surface area contributed by atoms with E-state index in [1.54, 1.807) is 0 Å². The van der Waals surface area contributed by atoms with Gasteiger partial charge >= 0.3 is 22.4 Å². The van der Waals surface area contributed by atoms with E-state index in [2.05, 4.69) is 0 Å². The SMILES string of the molecule is [Au+].[CH-]=C(CO[C@@H]1[CH+]OC(CO)C(OCc2ccccc2)[C@@H]1O)Sc1ccccc1. The number of hydrogen-bond acceptors (Lipinski definition) is 6. The number of thioether (sulfide) groups is 1. The first kappa shape index (κ1) is 24.2. The van der Waals surface area contributed by atoms with Gasteiger partial charge in [-0.3, -0.25) is 0 Å². The predicted molar refractivity (Wildman–Crippen MR) is 107 cm³/mol. The quantitative estimate of drug-likeness (QED) is 0.264. The molecule has 1 aliphatic heterocycles. The van der Waals surface area contributed by atoms with Crippen LogP contribution in [0.15, 0.2) is 70.5 Å². The summed E-state index contributed by atoms with van der Waals surface area (Å²) in [5.41, 5.74) is 0.968. The Kier molecular flexibility index (Phi) is 10.5. The Balaban J connectivity index is 0.00000300. The Hall–Kier alpha value is -1.06. The van der Waals surface area contributed by atoms with Gasteiger partial charge < -0.3 is 26.3 Å². The summed E-state index contributed by atoms with van der Waals surface area (Å²) in [4.78, 5) is 1.58. The predicted octanol–water partition coefficient (Wildman–Crippen LogP) is 2.98. The van der Waals surface area contributed by atoms with Gasteiger partial charge in [0.15, 0.2) is 12.2 Å². The Morgan fingerprint density at radius 3 is 2.38 bits per heavy atom. The van der Waals surface area contributed by atoms with Crippen LogP contribution in [0.4, 0.5) is 0 Å². The minimum atomic E-state index is -0.982. The van der Waals surface area contributed by atoms with Crippen molar-refractivity contribution >= 4 is 11.8 Å². The Bertz CT molecular complexity index is 730. The molecule has 7 heteroatoms. The van der Waals surface area contributed by atoms with E-state index < -0.39 is 24.4 Å². The average Bonchev–Trinajstić information content (AvgIpc) is 2.73. The van der Waals surface area contributed by atoms with Crippen LogP contribution in [0.25, 0.3) is 0 Å². The van der Waals surface area contributed by atoms with Crippen LogP contribution in [0.1, 0.15) is 5.56 Å². The van der Waals surface area contributed by atoms with Gasteiger partial charge in [0.05, 0.1) is 19.8 Å². The van der Waals surface area contributed by atoms with Gasteiger partial charge in [0.25, 0.3) is 12.7 Å². The largest absolute Gasteiger partial charge is 1.00 e. The standard InChI is InChI=1S/C22H24O5S.Au/c1-16(28-18-10-6-3-7-11-18)13-25-20-15-26-19(12-23)22(21(20)24)27-14-17-8-4-2-5-9-17;/h1-11,15,19-24H,12-14H2;/q;+1/t19?,20-,21-,22?;/m1./s1. The van der Waals surface area contributed by atoms with E-state index in [0.29, 0.717) is 11.5 Å². The van der Waals surface area contributed by atoms with Crippen LogP contribution in [-0.2, 0) is 43.2 Å². The third-order valence-corrected chi connectivity index (χ3v) is 5.19. The zero-order valence-corrected chi connectivity index (χ0v) is 18.7. The van der Waals surface area contributed by atoms with Crippen molar-refractivity contribution in [1.82, 2.24) is 0 Å². The number of hydrogen-bond donors (Lipinski definition) is 2. The van der Waals surface area contributed by atoms with Crippen molar-refractivity contribution < 1.29 is 46.8 Å². The monoisotopic (exact) mass is 597 g/mol. The van der Waals surface area contributed by atoms with Gasteiger partial charge in [-0.1, -0.05) is 48.5 Å². The number of benzene rings is 2. The smallest absolute Gasteiger partial charge is 0.501 e. The van der Waals surface area contributed by atoms with Gasteiger partial charge in [-0.2, -0.15) is 9.64 Å². The summed E-state index contributed by atoms with van der Waals surface area (Å²) in [5.74, 6) is 0. The van der Waals surface area contributed by atoms with Crippen LogP contribution in [0.2, 0.25) is 0 Å². The van der Waals surface area contributed by atoms with E-state index in [0.717, 1.165) is 10.5 Å². The van der Waals surface area contributed by atoms with E-state index in [1.807, 2.05) is 60.7 Å². The molecule has 0 bridgehead atoms. The van der Waals surface area contributed by atoms with Gasteiger partial charge in [0, 0.05) is 4.90 Å². The van der Waals surface area contributed by atoms with Crippen LogP contribution in [0.5, 0.6) is 0 Å². The third-order valence-electron chi connectivity index (χ3n) is 4.30. The van der Waals surface area contributed by atoms with E-state index >= 15 is 0 Å². The minimum absolute atomic E-state index is 0. The molecule has 2 unspecified atom stereocenters. The van der Waals surface area contributed by atoms with E-state index in [9.17, 15) is 10.2 Å². The number of aliphatic hydroxyl groups is 2. The van der Waals surface area contributed by atoms with Crippen molar-refractivity contribution in [2.45, 2.75) is 35.9 Å². The molecule has 29 heavy (non-hydrogen) atoms. The second-order valence-corrected chi connectivity index (χ2v) is 7.60. The average molecular weight is 597 g/mol. The Morgan fingerprint density at radius 1 is 1.07 bits per heavy atom. The molecule has 3 rings (SSSR count). The van der Waals surface area contributed by atoms with Crippen LogP contribution < -0.4 is 0 Å². The summed E-state index contributed by atoms with van der Waals surface area (Å²) in [7, 11) is 0. The molecule has 0 radical (unpaired) electrons. The van der Waals surface area contributed by atoms with Crippen LogP contribution >= 0.6 is 11.8 Å². The maximum atomic E-state index is 10.7. The molecule has 1 fully saturated rings. The number of aliphatic hydroxyl groups excluding tert-OH is 2. The minimum Gasteiger partial charge on any atom is -0.501 e. The molecule has 2 aromatic carbocycles. The molecule has 2 N–H and O–H groups in total. The molecule has 1 aliphatic rings. The summed E-state index contributed by atoms with van der Waals surface area (Å²) < 4.78 is 17.1. The molecular weight excluding hydrogens is 573 g/mol. The van der Waals surface area contributed by atoms with Crippen LogP contribution in [0.3, 0.4) is 0 Å². The molecule has 2 aromatic rings. The Morgan fingerprint density at radius 2 is 1.72 bits per heavy atom. The van der Waals surface area contributed by atoms with Crippen molar-refractivity contribution in [3.05, 3.63) is 84.3 Å². The van der Waals surface area contributed by atoms with Crippen molar-refractivity contribution in [2.75, 3.05) is 13.2 Å². The van der Waals surface area contributed by atoms with E-state index in [1.165, 1.54) is 18.4 Å². The second-order valence-electron chi connectivity index (χ2n) is 6.40. The third kappa shape index (κ3) is 7.29. The molecule has 0 saturated carbocycles. The first-order valence-corrected chi connectivity index (χ1v) is 9.88. The maximum absolute atomic E-state index is 10.7. The fraction of sp³-hybridized carbons (Fsp3) is 0.318. The molecule has 158 valence electrons. The topological polar surface area (TPSA) is 68.2 Å². The molecule has 4 atom stereocenters. The van der Waals surface area contributed by atoms with Gasteiger partial charge in [0.2, 0.25) is 0 Å².